The monoisotopic (exact) mass is 245 g/mol. The van der Waals surface area contributed by atoms with Crippen molar-refractivity contribution in [2.24, 2.45) is 5.73 Å². The Morgan fingerprint density at radius 2 is 2.25 bits per heavy atom. The summed E-state index contributed by atoms with van der Waals surface area (Å²) in [6, 6.07) is 0.146. The lowest BCUT2D eigenvalue weighted by atomic mass is 10.1. The van der Waals surface area contributed by atoms with Gasteiger partial charge in [-0.05, 0) is 18.4 Å². The summed E-state index contributed by atoms with van der Waals surface area (Å²) < 4.78 is 23.6. The maximum Gasteiger partial charge on any atom is 0.149 e. The van der Waals surface area contributed by atoms with Crippen LogP contribution < -0.4 is 5.73 Å². The summed E-state index contributed by atoms with van der Waals surface area (Å²) in [6.07, 6.45) is 6.55. The minimum absolute atomic E-state index is 0.119. The summed E-state index contributed by atoms with van der Waals surface area (Å²) in [5, 5.41) is 4.10. The molecule has 1 aromatic heterocycles. The highest BCUT2D eigenvalue weighted by atomic mass is 32.2. The van der Waals surface area contributed by atoms with Crippen molar-refractivity contribution in [2.75, 3.05) is 12.0 Å². The van der Waals surface area contributed by atoms with Crippen LogP contribution in [0.2, 0.25) is 0 Å². The fourth-order valence-electron chi connectivity index (χ4n) is 1.34. The Hall–Kier alpha value is -0.880. The molecule has 0 aliphatic rings. The lowest BCUT2D eigenvalue weighted by molar-refractivity contribution is 0.585. The zero-order chi connectivity index (χ0) is 12.2. The third kappa shape index (κ3) is 4.76. The van der Waals surface area contributed by atoms with Gasteiger partial charge in [-0.2, -0.15) is 5.10 Å². The van der Waals surface area contributed by atoms with Crippen molar-refractivity contribution < 1.29 is 8.42 Å². The van der Waals surface area contributed by atoms with Crippen molar-refractivity contribution in [2.45, 2.75) is 32.4 Å². The van der Waals surface area contributed by atoms with E-state index < -0.39 is 9.84 Å². The van der Waals surface area contributed by atoms with Crippen molar-refractivity contribution in [3.05, 3.63) is 18.0 Å². The van der Waals surface area contributed by atoms with Crippen LogP contribution in [0.5, 0.6) is 0 Å². The van der Waals surface area contributed by atoms with Gasteiger partial charge in [0.15, 0.2) is 0 Å². The molecule has 1 unspecified atom stereocenters. The van der Waals surface area contributed by atoms with Gasteiger partial charge in [0, 0.05) is 18.5 Å². The molecule has 0 aliphatic carbocycles. The van der Waals surface area contributed by atoms with E-state index in [1.807, 2.05) is 13.1 Å². The Bertz CT molecular complexity index is 425. The van der Waals surface area contributed by atoms with Gasteiger partial charge in [0.25, 0.3) is 0 Å². The average molecular weight is 245 g/mol. The van der Waals surface area contributed by atoms with Gasteiger partial charge in [-0.25, -0.2) is 8.42 Å². The molecule has 0 bridgehead atoms. The van der Waals surface area contributed by atoms with E-state index in [2.05, 4.69) is 5.10 Å². The summed E-state index contributed by atoms with van der Waals surface area (Å²) >= 11 is 0. The van der Waals surface area contributed by atoms with Crippen LogP contribution in [0.4, 0.5) is 0 Å². The molecule has 0 fully saturated rings. The second kappa shape index (κ2) is 5.45. The normalized spacial score (nSPS) is 13.9. The molecular weight excluding hydrogens is 226 g/mol. The molecule has 0 saturated carbocycles. The maximum atomic E-state index is 11.0. The van der Waals surface area contributed by atoms with Crippen LogP contribution in [0.25, 0.3) is 0 Å². The molecule has 0 aliphatic heterocycles. The highest BCUT2D eigenvalue weighted by Gasteiger charge is 2.06. The Morgan fingerprint density at radius 3 is 2.81 bits per heavy atom. The number of hydrogen-bond acceptors (Lipinski definition) is 4. The second-order valence-corrected chi connectivity index (χ2v) is 6.37. The summed E-state index contributed by atoms with van der Waals surface area (Å²) in [4.78, 5) is 0. The quantitative estimate of drug-likeness (QED) is 0.777. The highest BCUT2D eigenvalue weighted by Crippen LogP contribution is 2.03. The molecule has 1 atom stereocenters. The highest BCUT2D eigenvalue weighted by molar-refractivity contribution is 7.90. The summed E-state index contributed by atoms with van der Waals surface area (Å²) in [6.45, 7) is 2.44. The van der Waals surface area contributed by atoms with E-state index in [4.69, 9.17) is 5.73 Å². The van der Waals surface area contributed by atoms with Gasteiger partial charge >= 0.3 is 0 Å². The van der Waals surface area contributed by atoms with E-state index >= 15 is 0 Å². The van der Waals surface area contributed by atoms with E-state index in [1.165, 1.54) is 6.26 Å². The van der Waals surface area contributed by atoms with Gasteiger partial charge < -0.3 is 5.73 Å². The molecule has 1 rings (SSSR count). The van der Waals surface area contributed by atoms with Crippen molar-refractivity contribution in [1.82, 2.24) is 9.78 Å². The predicted molar refractivity (Wildman–Crippen MR) is 63.9 cm³/mol. The number of sulfone groups is 1. The second-order valence-electron chi connectivity index (χ2n) is 4.11. The number of nitrogens with two attached hydrogens (primary N) is 1. The topological polar surface area (TPSA) is 78.0 Å². The summed E-state index contributed by atoms with van der Waals surface area (Å²) in [7, 11) is -2.93. The van der Waals surface area contributed by atoms with Crippen LogP contribution in [0.15, 0.2) is 12.4 Å². The smallest absolute Gasteiger partial charge is 0.149 e. The molecule has 0 aromatic carbocycles. The van der Waals surface area contributed by atoms with E-state index in [9.17, 15) is 8.42 Å². The Balaban J connectivity index is 2.52. The lowest BCUT2D eigenvalue weighted by Crippen LogP contribution is -2.21. The van der Waals surface area contributed by atoms with E-state index in [0.29, 0.717) is 6.54 Å². The standard InChI is InChI=1S/C10H19N3O2S/c1-3-10(11)6-9-7-12-13(8-9)4-5-16(2,14)15/h7-8,10H,3-6,11H2,1-2H3. The van der Waals surface area contributed by atoms with Crippen molar-refractivity contribution in [3.8, 4) is 0 Å². The van der Waals surface area contributed by atoms with Crippen molar-refractivity contribution >= 4 is 9.84 Å². The predicted octanol–water partition coefficient (Wildman–Crippen LogP) is 0.208. The molecule has 6 heteroatoms. The number of hydrogen-bond donors (Lipinski definition) is 1. The van der Waals surface area contributed by atoms with Gasteiger partial charge in [-0.1, -0.05) is 6.92 Å². The van der Waals surface area contributed by atoms with Gasteiger partial charge in [0.1, 0.15) is 9.84 Å². The number of aromatic nitrogens is 2. The van der Waals surface area contributed by atoms with Gasteiger partial charge in [-0.3, -0.25) is 4.68 Å². The molecule has 0 radical (unpaired) electrons. The molecule has 0 spiro atoms. The van der Waals surface area contributed by atoms with Gasteiger partial charge in [0.05, 0.1) is 18.5 Å². The molecular formula is C10H19N3O2S. The molecule has 1 aromatic rings. The Morgan fingerprint density at radius 1 is 1.56 bits per heavy atom. The van der Waals surface area contributed by atoms with E-state index in [1.54, 1.807) is 10.9 Å². The largest absolute Gasteiger partial charge is 0.327 e. The molecule has 5 nitrogen and oxygen atoms in total. The Labute approximate surface area is 96.6 Å². The molecule has 2 N–H and O–H groups in total. The molecule has 0 amide bonds. The molecule has 16 heavy (non-hydrogen) atoms. The molecule has 0 saturated heterocycles. The van der Waals surface area contributed by atoms with E-state index in [0.717, 1.165) is 18.4 Å². The molecule has 92 valence electrons. The van der Waals surface area contributed by atoms with Crippen LogP contribution in [0.1, 0.15) is 18.9 Å². The van der Waals surface area contributed by atoms with Crippen molar-refractivity contribution in [3.63, 3.8) is 0 Å². The summed E-state index contributed by atoms with van der Waals surface area (Å²) in [5.41, 5.74) is 6.88. The first-order chi connectivity index (χ1) is 7.40. The van der Waals surface area contributed by atoms with Gasteiger partial charge in [-0.15, -0.1) is 0 Å². The minimum atomic E-state index is -2.93. The first-order valence-electron chi connectivity index (χ1n) is 5.35. The number of rotatable bonds is 6. The van der Waals surface area contributed by atoms with Crippen molar-refractivity contribution in [1.29, 1.82) is 0 Å². The van der Waals surface area contributed by atoms with Crippen LogP contribution >= 0.6 is 0 Å². The number of aryl methyl sites for hydroxylation is 1. The zero-order valence-corrected chi connectivity index (χ0v) is 10.6. The summed E-state index contributed by atoms with van der Waals surface area (Å²) in [5.74, 6) is 0.119. The van der Waals surface area contributed by atoms with Gasteiger partial charge in [0.2, 0.25) is 0 Å². The fraction of sp³-hybridized carbons (Fsp3) is 0.700. The minimum Gasteiger partial charge on any atom is -0.327 e. The van der Waals surface area contributed by atoms with Crippen LogP contribution in [0.3, 0.4) is 0 Å². The third-order valence-corrected chi connectivity index (χ3v) is 3.32. The van der Waals surface area contributed by atoms with Crippen LogP contribution in [-0.2, 0) is 22.8 Å². The van der Waals surface area contributed by atoms with Crippen LogP contribution in [0, 0.1) is 0 Å². The first kappa shape index (κ1) is 13.2. The van der Waals surface area contributed by atoms with E-state index in [-0.39, 0.29) is 11.8 Å². The zero-order valence-electron chi connectivity index (χ0n) is 9.76. The average Bonchev–Trinajstić information content (AvgIpc) is 2.61. The molecule has 1 heterocycles. The lowest BCUT2D eigenvalue weighted by Gasteiger charge is -2.05. The SMILES string of the molecule is CCC(N)Cc1cnn(CCS(C)(=O)=O)c1. The first-order valence-corrected chi connectivity index (χ1v) is 7.41. The third-order valence-electron chi connectivity index (χ3n) is 2.40. The fourth-order valence-corrected chi connectivity index (χ4v) is 1.86. The van der Waals surface area contributed by atoms with Crippen LogP contribution in [-0.4, -0.2) is 36.2 Å². The number of nitrogens with zero attached hydrogens (tertiary/aromatic N) is 2. The maximum absolute atomic E-state index is 11.0. The Kier molecular flexibility index (Phi) is 4.49.